The topological polar surface area (TPSA) is 67.4 Å². The predicted molar refractivity (Wildman–Crippen MR) is 87.4 cm³/mol. The van der Waals surface area contributed by atoms with E-state index in [1.165, 1.54) is 7.11 Å². The summed E-state index contributed by atoms with van der Waals surface area (Å²) in [7, 11) is 1.37. The average Bonchev–Trinajstić information content (AvgIpc) is 2.99. The average molecular weight is 320 g/mol. The maximum absolute atomic E-state index is 12.4. The van der Waals surface area contributed by atoms with E-state index in [0.29, 0.717) is 11.6 Å². The molecule has 0 bridgehead atoms. The second kappa shape index (κ2) is 6.71. The van der Waals surface area contributed by atoms with Crippen LogP contribution >= 0.6 is 11.8 Å². The zero-order chi connectivity index (χ0) is 15.5. The van der Waals surface area contributed by atoms with Crippen LogP contribution in [0.25, 0.3) is 0 Å². The van der Waals surface area contributed by atoms with E-state index in [9.17, 15) is 9.59 Å². The fourth-order valence-corrected chi connectivity index (χ4v) is 4.09. The number of thioether (sulfide) groups is 1. The first-order valence-electron chi connectivity index (χ1n) is 7.53. The van der Waals surface area contributed by atoms with Crippen LogP contribution < -0.4 is 10.6 Å². The van der Waals surface area contributed by atoms with E-state index in [0.717, 1.165) is 42.0 Å². The number of rotatable bonds is 3. The highest BCUT2D eigenvalue weighted by Gasteiger charge is 2.27. The summed E-state index contributed by atoms with van der Waals surface area (Å²) < 4.78 is 4.75. The number of esters is 1. The van der Waals surface area contributed by atoms with Crippen molar-refractivity contribution in [3.8, 4) is 0 Å². The summed E-state index contributed by atoms with van der Waals surface area (Å²) in [5.74, 6) is 1.90. The van der Waals surface area contributed by atoms with Gasteiger partial charge in [-0.3, -0.25) is 4.79 Å². The van der Waals surface area contributed by atoms with Gasteiger partial charge in [-0.1, -0.05) is 0 Å². The van der Waals surface area contributed by atoms with E-state index in [2.05, 4.69) is 10.6 Å². The molecule has 1 aromatic carbocycles. The van der Waals surface area contributed by atoms with Crippen molar-refractivity contribution in [2.45, 2.75) is 31.3 Å². The Bertz CT molecular complexity index is 585. The van der Waals surface area contributed by atoms with Gasteiger partial charge in [-0.05, 0) is 48.8 Å². The molecule has 5 nitrogen and oxygen atoms in total. The lowest BCUT2D eigenvalue weighted by Crippen LogP contribution is -2.45. The Hall–Kier alpha value is -1.53. The van der Waals surface area contributed by atoms with Crippen LogP contribution in [0.3, 0.4) is 0 Å². The zero-order valence-electron chi connectivity index (χ0n) is 12.6. The lowest BCUT2D eigenvalue weighted by molar-refractivity contribution is -0.118. The van der Waals surface area contributed by atoms with Gasteiger partial charge in [0.1, 0.15) is 0 Å². The number of ether oxygens (including phenoxy) is 1. The summed E-state index contributed by atoms with van der Waals surface area (Å²) >= 11 is 1.93. The highest BCUT2D eigenvalue weighted by molar-refractivity contribution is 7.99. The highest BCUT2D eigenvalue weighted by atomic mass is 32.2. The third-order valence-electron chi connectivity index (χ3n) is 4.17. The Morgan fingerprint density at radius 1 is 1.41 bits per heavy atom. The molecule has 2 N–H and O–H groups in total. The quantitative estimate of drug-likeness (QED) is 0.832. The molecule has 0 spiro atoms. The number of amides is 1. The van der Waals surface area contributed by atoms with Crippen molar-refractivity contribution in [2.24, 2.45) is 0 Å². The van der Waals surface area contributed by atoms with Gasteiger partial charge >= 0.3 is 5.97 Å². The Morgan fingerprint density at radius 3 is 3.00 bits per heavy atom. The van der Waals surface area contributed by atoms with Gasteiger partial charge in [-0.25, -0.2) is 4.79 Å². The molecule has 0 aromatic heterocycles. The summed E-state index contributed by atoms with van der Waals surface area (Å²) in [6, 6.07) is 5.54. The van der Waals surface area contributed by atoms with E-state index in [1.54, 1.807) is 12.1 Å². The van der Waals surface area contributed by atoms with Crippen LogP contribution in [-0.2, 0) is 16.0 Å². The first-order chi connectivity index (χ1) is 10.7. The van der Waals surface area contributed by atoms with Gasteiger partial charge in [0.05, 0.1) is 18.7 Å². The van der Waals surface area contributed by atoms with Crippen LogP contribution in [0.4, 0.5) is 5.69 Å². The molecule has 2 atom stereocenters. The normalized spacial score (nSPS) is 24.3. The molecular formula is C16H20N2O3S. The molecule has 1 saturated heterocycles. The lowest BCUT2D eigenvalue weighted by atomic mass is 10.0. The van der Waals surface area contributed by atoms with Crippen LogP contribution in [0.1, 0.15) is 28.8 Å². The minimum absolute atomic E-state index is 0.0152. The Balaban J connectivity index is 1.74. The molecular weight excluding hydrogens is 300 g/mol. The molecule has 1 aromatic rings. The number of benzene rings is 1. The highest BCUT2D eigenvalue weighted by Crippen LogP contribution is 2.25. The molecule has 2 aliphatic heterocycles. The summed E-state index contributed by atoms with van der Waals surface area (Å²) in [4.78, 5) is 24.0. The molecule has 1 fully saturated rings. The first-order valence-corrected chi connectivity index (χ1v) is 8.69. The van der Waals surface area contributed by atoms with Crippen LogP contribution in [-0.4, -0.2) is 42.6 Å². The number of methoxy groups -OCH3 is 1. The fraction of sp³-hybridized carbons (Fsp3) is 0.500. The van der Waals surface area contributed by atoms with Gasteiger partial charge in [-0.2, -0.15) is 11.8 Å². The molecule has 2 heterocycles. The van der Waals surface area contributed by atoms with Crippen molar-refractivity contribution >= 4 is 29.3 Å². The number of nitrogens with one attached hydrogen (secondary N) is 2. The maximum atomic E-state index is 12.4. The molecule has 0 saturated carbocycles. The van der Waals surface area contributed by atoms with Crippen molar-refractivity contribution in [3.63, 3.8) is 0 Å². The van der Waals surface area contributed by atoms with Crippen LogP contribution in [0.5, 0.6) is 0 Å². The van der Waals surface area contributed by atoms with Crippen LogP contribution in [0, 0.1) is 0 Å². The molecule has 2 aliphatic rings. The summed E-state index contributed by atoms with van der Waals surface area (Å²) in [5, 5.41) is 6.44. The standard InChI is InChI=1S/C16H20N2O3S/c1-21-16(20)11-3-4-13-10(8-11)2-5-14(15(19)18-13)17-12-6-7-22-9-12/h3-4,8,12,14,17H,2,5-7,9H2,1H3,(H,18,19). The summed E-state index contributed by atoms with van der Waals surface area (Å²) in [6.07, 6.45) is 2.62. The van der Waals surface area contributed by atoms with Crippen molar-refractivity contribution in [1.29, 1.82) is 0 Å². The molecule has 6 heteroatoms. The van der Waals surface area contributed by atoms with Gasteiger partial charge in [0.25, 0.3) is 0 Å². The van der Waals surface area contributed by atoms with E-state index in [1.807, 2.05) is 17.8 Å². The number of hydrogen-bond acceptors (Lipinski definition) is 5. The van der Waals surface area contributed by atoms with Crippen molar-refractivity contribution in [1.82, 2.24) is 5.32 Å². The molecule has 118 valence electrons. The van der Waals surface area contributed by atoms with Gasteiger partial charge < -0.3 is 15.4 Å². The van der Waals surface area contributed by atoms with Crippen molar-refractivity contribution < 1.29 is 14.3 Å². The number of fused-ring (bicyclic) bond motifs is 1. The number of hydrogen-bond donors (Lipinski definition) is 2. The molecule has 0 radical (unpaired) electrons. The monoisotopic (exact) mass is 320 g/mol. The maximum Gasteiger partial charge on any atom is 0.337 e. The van der Waals surface area contributed by atoms with Crippen molar-refractivity contribution in [3.05, 3.63) is 29.3 Å². The third-order valence-corrected chi connectivity index (χ3v) is 5.33. The predicted octanol–water partition coefficient (Wildman–Crippen LogP) is 1.82. The Morgan fingerprint density at radius 2 is 2.27 bits per heavy atom. The Labute approximate surface area is 134 Å². The SMILES string of the molecule is COC(=O)c1ccc2c(c1)CCC(NC1CCSC1)C(=O)N2. The Kier molecular flexibility index (Phi) is 4.69. The minimum Gasteiger partial charge on any atom is -0.465 e. The van der Waals surface area contributed by atoms with Gasteiger partial charge in [0, 0.05) is 17.5 Å². The fourth-order valence-electron chi connectivity index (χ4n) is 2.93. The second-order valence-corrected chi connectivity index (χ2v) is 6.82. The third kappa shape index (κ3) is 3.28. The smallest absolute Gasteiger partial charge is 0.337 e. The summed E-state index contributed by atoms with van der Waals surface area (Å²) in [6.45, 7) is 0. The first kappa shape index (κ1) is 15.4. The number of aryl methyl sites for hydroxylation is 1. The molecule has 2 unspecified atom stereocenters. The largest absolute Gasteiger partial charge is 0.465 e. The molecule has 3 rings (SSSR count). The van der Waals surface area contributed by atoms with Gasteiger partial charge in [-0.15, -0.1) is 0 Å². The molecule has 0 aliphatic carbocycles. The van der Waals surface area contributed by atoms with Gasteiger partial charge in [0.2, 0.25) is 5.91 Å². The van der Waals surface area contributed by atoms with E-state index >= 15 is 0 Å². The second-order valence-electron chi connectivity index (χ2n) is 5.67. The zero-order valence-corrected chi connectivity index (χ0v) is 13.4. The van der Waals surface area contributed by atoms with E-state index in [-0.39, 0.29) is 17.9 Å². The lowest BCUT2D eigenvalue weighted by Gasteiger charge is -2.19. The van der Waals surface area contributed by atoms with Crippen LogP contribution in [0.2, 0.25) is 0 Å². The number of carbonyl (C=O) groups is 2. The number of anilines is 1. The van der Waals surface area contributed by atoms with E-state index < -0.39 is 0 Å². The van der Waals surface area contributed by atoms with Crippen molar-refractivity contribution in [2.75, 3.05) is 23.9 Å². The summed E-state index contributed by atoms with van der Waals surface area (Å²) in [5.41, 5.74) is 2.30. The molecule has 22 heavy (non-hydrogen) atoms. The molecule has 1 amide bonds. The van der Waals surface area contributed by atoms with Crippen LogP contribution in [0.15, 0.2) is 18.2 Å². The minimum atomic E-state index is -0.351. The van der Waals surface area contributed by atoms with E-state index in [4.69, 9.17) is 4.74 Å². The van der Waals surface area contributed by atoms with Gasteiger partial charge in [0.15, 0.2) is 0 Å². The number of carbonyl (C=O) groups excluding carboxylic acids is 2.